The molecule has 0 aliphatic carbocycles. The van der Waals surface area contributed by atoms with Crippen molar-refractivity contribution in [3.05, 3.63) is 0 Å². The third-order valence-corrected chi connectivity index (χ3v) is 3.03. The summed E-state index contributed by atoms with van der Waals surface area (Å²) in [6, 6.07) is 0. The second-order valence-electron chi connectivity index (χ2n) is 5.83. The average molecular weight is 260 g/mol. The summed E-state index contributed by atoms with van der Waals surface area (Å²) in [6.45, 7) is 11.0. The number of hydrogen-bond donors (Lipinski definition) is 1. The van der Waals surface area contributed by atoms with Crippen LogP contribution in [0.15, 0.2) is 0 Å². The molecule has 0 spiro atoms. The van der Waals surface area contributed by atoms with Crippen molar-refractivity contribution in [3.63, 3.8) is 0 Å². The maximum atomic E-state index is 8.88. The van der Waals surface area contributed by atoms with Gasteiger partial charge in [-0.25, -0.2) is 0 Å². The van der Waals surface area contributed by atoms with Gasteiger partial charge in [-0.3, -0.25) is 0 Å². The van der Waals surface area contributed by atoms with Gasteiger partial charge in [-0.1, -0.05) is 32.6 Å². The molecule has 2 atom stereocenters. The molecule has 0 amide bonds. The first kappa shape index (κ1) is 17.9. The molecule has 0 aromatic rings. The molecular formula is C15H32O3. The van der Waals surface area contributed by atoms with Gasteiger partial charge in [-0.15, -0.1) is 0 Å². The van der Waals surface area contributed by atoms with E-state index in [-0.39, 0.29) is 24.4 Å². The molecule has 0 bridgehead atoms. The van der Waals surface area contributed by atoms with Crippen molar-refractivity contribution in [2.75, 3.05) is 13.2 Å². The van der Waals surface area contributed by atoms with Crippen LogP contribution in [-0.4, -0.2) is 36.1 Å². The first-order valence-electron chi connectivity index (χ1n) is 7.31. The molecule has 1 N–H and O–H groups in total. The number of aliphatic hydroxyl groups is 1. The van der Waals surface area contributed by atoms with Gasteiger partial charge in [-0.05, 0) is 34.1 Å². The Morgan fingerprint density at radius 1 is 1.06 bits per heavy atom. The van der Waals surface area contributed by atoms with Crippen molar-refractivity contribution < 1.29 is 14.6 Å². The molecule has 0 aliphatic heterocycles. The molecule has 0 rings (SSSR count). The maximum Gasteiger partial charge on any atom is 0.0787 e. The van der Waals surface area contributed by atoms with Gasteiger partial charge in [0.1, 0.15) is 0 Å². The number of ether oxygens (including phenoxy) is 2. The molecule has 0 radical (unpaired) electrons. The summed E-state index contributed by atoms with van der Waals surface area (Å²) >= 11 is 0. The van der Waals surface area contributed by atoms with E-state index in [9.17, 15) is 0 Å². The van der Waals surface area contributed by atoms with E-state index in [2.05, 4.69) is 20.8 Å². The Hall–Kier alpha value is -0.120. The van der Waals surface area contributed by atoms with Gasteiger partial charge < -0.3 is 14.6 Å². The predicted octanol–water partition coefficient (Wildman–Crippen LogP) is 3.54. The minimum absolute atomic E-state index is 0.0626. The van der Waals surface area contributed by atoms with E-state index in [1.807, 2.05) is 13.8 Å². The van der Waals surface area contributed by atoms with Crippen LogP contribution in [0, 0.1) is 0 Å². The summed E-state index contributed by atoms with van der Waals surface area (Å²) in [4.78, 5) is 0. The predicted molar refractivity (Wildman–Crippen MR) is 75.9 cm³/mol. The zero-order valence-corrected chi connectivity index (χ0v) is 12.9. The number of hydrogen-bond acceptors (Lipinski definition) is 3. The van der Waals surface area contributed by atoms with Crippen molar-refractivity contribution >= 4 is 0 Å². The average Bonchev–Trinajstić information content (AvgIpc) is 2.31. The van der Waals surface area contributed by atoms with Gasteiger partial charge in [0.2, 0.25) is 0 Å². The van der Waals surface area contributed by atoms with Crippen molar-refractivity contribution in [2.24, 2.45) is 0 Å². The molecule has 0 aromatic carbocycles. The zero-order chi connectivity index (χ0) is 14.0. The Morgan fingerprint density at radius 2 is 1.72 bits per heavy atom. The van der Waals surface area contributed by atoms with Crippen LogP contribution in [0.25, 0.3) is 0 Å². The van der Waals surface area contributed by atoms with Crippen LogP contribution in [-0.2, 0) is 9.47 Å². The minimum atomic E-state index is -0.108. The molecule has 0 fully saturated rings. The molecule has 0 aliphatic rings. The summed E-state index contributed by atoms with van der Waals surface area (Å²) in [5, 5.41) is 8.88. The topological polar surface area (TPSA) is 38.7 Å². The van der Waals surface area contributed by atoms with Gasteiger partial charge in [0.05, 0.1) is 31.0 Å². The summed E-state index contributed by atoms with van der Waals surface area (Å²) in [5.41, 5.74) is -0.0844. The lowest BCUT2D eigenvalue weighted by atomic mass is 9.99. The van der Waals surface area contributed by atoms with Crippen LogP contribution in [0.5, 0.6) is 0 Å². The molecule has 0 heterocycles. The Morgan fingerprint density at radius 3 is 2.28 bits per heavy atom. The third-order valence-electron chi connectivity index (χ3n) is 3.03. The standard InChI is InChI=1S/C15H32O3/c1-6-7-8-9-10-15(4,5)18-14(3)12-17-13(2)11-16/h13-14,16H,6-12H2,1-5H3. The summed E-state index contributed by atoms with van der Waals surface area (Å²) < 4.78 is 11.5. The van der Waals surface area contributed by atoms with Crippen molar-refractivity contribution in [1.29, 1.82) is 0 Å². The van der Waals surface area contributed by atoms with Crippen LogP contribution < -0.4 is 0 Å². The van der Waals surface area contributed by atoms with Gasteiger partial charge in [0, 0.05) is 0 Å². The highest BCUT2D eigenvalue weighted by Crippen LogP contribution is 2.21. The van der Waals surface area contributed by atoms with Gasteiger partial charge in [0.25, 0.3) is 0 Å². The Bertz CT molecular complexity index is 192. The maximum absolute atomic E-state index is 8.88. The van der Waals surface area contributed by atoms with Crippen LogP contribution in [0.1, 0.15) is 66.7 Å². The van der Waals surface area contributed by atoms with Gasteiger partial charge in [-0.2, -0.15) is 0 Å². The Kier molecular flexibility index (Phi) is 9.70. The smallest absolute Gasteiger partial charge is 0.0787 e. The molecule has 2 unspecified atom stereocenters. The number of unbranched alkanes of at least 4 members (excludes halogenated alkanes) is 3. The van der Waals surface area contributed by atoms with E-state index in [1.54, 1.807) is 0 Å². The molecule has 0 saturated carbocycles. The van der Waals surface area contributed by atoms with Crippen LogP contribution >= 0.6 is 0 Å². The molecule has 0 aromatic heterocycles. The Labute approximate surface area is 113 Å². The fourth-order valence-electron chi connectivity index (χ4n) is 1.97. The lowest BCUT2D eigenvalue weighted by Crippen LogP contribution is -2.32. The lowest BCUT2D eigenvalue weighted by Gasteiger charge is -2.29. The van der Waals surface area contributed by atoms with E-state index in [4.69, 9.17) is 14.6 Å². The van der Waals surface area contributed by atoms with Crippen molar-refractivity contribution in [3.8, 4) is 0 Å². The molecule has 3 nitrogen and oxygen atoms in total. The van der Waals surface area contributed by atoms with Crippen LogP contribution in [0.3, 0.4) is 0 Å². The quantitative estimate of drug-likeness (QED) is 0.577. The second-order valence-corrected chi connectivity index (χ2v) is 5.83. The highest BCUT2D eigenvalue weighted by molar-refractivity contribution is 4.70. The minimum Gasteiger partial charge on any atom is -0.394 e. The first-order valence-corrected chi connectivity index (χ1v) is 7.31. The fraction of sp³-hybridized carbons (Fsp3) is 1.00. The molecule has 110 valence electrons. The highest BCUT2D eigenvalue weighted by Gasteiger charge is 2.21. The van der Waals surface area contributed by atoms with E-state index in [0.717, 1.165) is 6.42 Å². The Balaban J connectivity index is 3.77. The number of rotatable bonds is 11. The zero-order valence-electron chi connectivity index (χ0n) is 12.9. The number of aliphatic hydroxyl groups excluding tert-OH is 1. The van der Waals surface area contributed by atoms with E-state index in [1.165, 1.54) is 25.7 Å². The monoisotopic (exact) mass is 260 g/mol. The molecular weight excluding hydrogens is 228 g/mol. The molecule has 0 saturated heterocycles. The van der Waals surface area contributed by atoms with E-state index in [0.29, 0.717) is 6.61 Å². The van der Waals surface area contributed by atoms with Crippen LogP contribution in [0.2, 0.25) is 0 Å². The second kappa shape index (κ2) is 9.76. The van der Waals surface area contributed by atoms with E-state index < -0.39 is 0 Å². The third kappa shape index (κ3) is 9.86. The largest absolute Gasteiger partial charge is 0.394 e. The van der Waals surface area contributed by atoms with Gasteiger partial charge >= 0.3 is 0 Å². The van der Waals surface area contributed by atoms with Crippen LogP contribution in [0.4, 0.5) is 0 Å². The van der Waals surface area contributed by atoms with Gasteiger partial charge in [0.15, 0.2) is 0 Å². The first-order chi connectivity index (χ1) is 8.41. The normalized spacial score (nSPS) is 15.7. The van der Waals surface area contributed by atoms with Crippen molar-refractivity contribution in [2.45, 2.75) is 84.5 Å². The molecule has 18 heavy (non-hydrogen) atoms. The molecule has 3 heteroatoms. The summed E-state index contributed by atoms with van der Waals surface area (Å²) in [5.74, 6) is 0. The summed E-state index contributed by atoms with van der Waals surface area (Å²) in [7, 11) is 0. The lowest BCUT2D eigenvalue weighted by molar-refractivity contribution is -0.111. The van der Waals surface area contributed by atoms with E-state index >= 15 is 0 Å². The summed E-state index contributed by atoms with van der Waals surface area (Å²) in [6.07, 6.45) is 6.14. The SMILES string of the molecule is CCCCCCC(C)(C)OC(C)COC(C)CO. The highest BCUT2D eigenvalue weighted by atomic mass is 16.6. The van der Waals surface area contributed by atoms with Crippen molar-refractivity contribution in [1.82, 2.24) is 0 Å². The fourth-order valence-corrected chi connectivity index (χ4v) is 1.97.